The summed E-state index contributed by atoms with van der Waals surface area (Å²) in [6, 6.07) is 18.0. The molecule has 8 heteroatoms. The molecule has 0 spiro atoms. The molecule has 4 rings (SSSR count). The van der Waals surface area contributed by atoms with E-state index in [2.05, 4.69) is 5.10 Å². The highest BCUT2D eigenvalue weighted by Crippen LogP contribution is 2.32. The summed E-state index contributed by atoms with van der Waals surface area (Å²) in [5.41, 5.74) is 6.68. The van der Waals surface area contributed by atoms with Crippen molar-refractivity contribution in [2.24, 2.45) is 5.73 Å². The molecule has 154 valence electrons. The van der Waals surface area contributed by atoms with Crippen LogP contribution in [0.1, 0.15) is 6.42 Å². The SMILES string of the molecule is C[N+](C)(CCC(N)=O)c1cccc2c1cnn2S(=O)(=O)c1cccc2ccccc12. The first-order chi connectivity index (χ1) is 14.2. The number of carbonyl (C=O) groups is 1. The van der Waals surface area contributed by atoms with E-state index in [1.165, 1.54) is 0 Å². The molecule has 1 aromatic heterocycles. The number of nitrogens with two attached hydrogens (primary N) is 1. The summed E-state index contributed by atoms with van der Waals surface area (Å²) in [6.07, 6.45) is 1.80. The molecule has 0 atom stereocenters. The Balaban J connectivity index is 1.87. The zero-order valence-electron chi connectivity index (χ0n) is 16.8. The van der Waals surface area contributed by atoms with Gasteiger partial charge in [-0.15, -0.1) is 0 Å². The van der Waals surface area contributed by atoms with Gasteiger partial charge in [-0.25, -0.2) is 0 Å². The summed E-state index contributed by atoms with van der Waals surface area (Å²) in [4.78, 5) is 11.5. The third kappa shape index (κ3) is 3.34. The van der Waals surface area contributed by atoms with Crippen LogP contribution in [0.3, 0.4) is 0 Å². The van der Waals surface area contributed by atoms with E-state index in [0.29, 0.717) is 21.9 Å². The first-order valence-electron chi connectivity index (χ1n) is 9.54. The molecule has 7 nitrogen and oxygen atoms in total. The molecule has 1 heterocycles. The lowest BCUT2D eigenvalue weighted by Gasteiger charge is -2.29. The summed E-state index contributed by atoms with van der Waals surface area (Å²) in [6.45, 7) is 0.496. The molecular weight excluding hydrogens is 400 g/mol. The van der Waals surface area contributed by atoms with Crippen LogP contribution in [-0.2, 0) is 14.8 Å². The maximum absolute atomic E-state index is 13.5. The molecule has 0 aliphatic rings. The van der Waals surface area contributed by atoms with Crippen LogP contribution in [-0.4, -0.2) is 44.2 Å². The highest BCUT2D eigenvalue weighted by molar-refractivity contribution is 7.90. The summed E-state index contributed by atoms with van der Waals surface area (Å²) in [5.74, 6) is -0.373. The van der Waals surface area contributed by atoms with E-state index in [0.717, 1.165) is 20.5 Å². The first-order valence-corrected chi connectivity index (χ1v) is 11.0. The van der Waals surface area contributed by atoms with Crippen LogP contribution in [0.4, 0.5) is 5.69 Å². The Labute approximate surface area is 175 Å². The Kier molecular flexibility index (Phi) is 4.83. The minimum atomic E-state index is -3.91. The lowest BCUT2D eigenvalue weighted by Crippen LogP contribution is -2.42. The van der Waals surface area contributed by atoms with Gasteiger partial charge in [0, 0.05) is 5.39 Å². The Morgan fingerprint density at radius 3 is 2.47 bits per heavy atom. The van der Waals surface area contributed by atoms with Crippen LogP contribution in [0.15, 0.2) is 71.8 Å². The quantitative estimate of drug-likeness (QED) is 0.483. The number of hydrogen-bond donors (Lipinski definition) is 1. The average Bonchev–Trinajstić information content (AvgIpc) is 3.17. The zero-order chi connectivity index (χ0) is 21.5. The van der Waals surface area contributed by atoms with Crippen molar-refractivity contribution in [3.63, 3.8) is 0 Å². The summed E-state index contributed by atoms with van der Waals surface area (Å²) in [7, 11) is -0.00705. The largest absolute Gasteiger partial charge is 0.369 e. The van der Waals surface area contributed by atoms with Gasteiger partial charge in [-0.05, 0) is 23.6 Å². The average molecular weight is 424 g/mol. The molecule has 2 N–H and O–H groups in total. The van der Waals surface area contributed by atoms with E-state index in [1.807, 2.05) is 44.4 Å². The van der Waals surface area contributed by atoms with Crippen LogP contribution in [0.25, 0.3) is 21.7 Å². The molecule has 4 aromatic rings. The fourth-order valence-corrected chi connectivity index (χ4v) is 5.25. The van der Waals surface area contributed by atoms with Gasteiger partial charge in [0.25, 0.3) is 10.0 Å². The number of nitrogens with zero attached hydrogens (tertiary/aromatic N) is 3. The molecule has 0 saturated carbocycles. The standard InChI is InChI=1S/C22H22N4O3S/c1-26(2,14-13-22(23)27)20-11-6-10-19-18(20)15-24-25(19)30(28,29)21-12-5-8-16-7-3-4-9-17(16)21/h3-12,15H,13-14H2,1-2H3,(H-,23,27)/p+1. The summed E-state index contributed by atoms with van der Waals surface area (Å²) < 4.78 is 28.5. The Morgan fingerprint density at radius 2 is 1.70 bits per heavy atom. The molecule has 0 unspecified atom stereocenters. The predicted molar refractivity (Wildman–Crippen MR) is 119 cm³/mol. The van der Waals surface area contributed by atoms with Gasteiger partial charge >= 0.3 is 0 Å². The van der Waals surface area contributed by atoms with Crippen LogP contribution in [0.5, 0.6) is 0 Å². The maximum Gasteiger partial charge on any atom is 0.284 e. The van der Waals surface area contributed by atoms with Crippen molar-refractivity contribution in [2.75, 3.05) is 20.6 Å². The summed E-state index contributed by atoms with van der Waals surface area (Å²) >= 11 is 0. The highest BCUT2D eigenvalue weighted by Gasteiger charge is 2.28. The second-order valence-electron chi connectivity index (χ2n) is 7.80. The molecule has 0 saturated heterocycles. The smallest absolute Gasteiger partial charge is 0.284 e. The lowest BCUT2D eigenvalue weighted by atomic mass is 10.1. The van der Waals surface area contributed by atoms with E-state index in [1.54, 1.807) is 36.5 Å². The molecule has 0 aliphatic heterocycles. The van der Waals surface area contributed by atoms with Gasteiger partial charge in [-0.2, -0.15) is 17.6 Å². The number of primary amides is 1. The fraction of sp³-hybridized carbons (Fsp3) is 0.182. The van der Waals surface area contributed by atoms with Crippen LogP contribution >= 0.6 is 0 Å². The van der Waals surface area contributed by atoms with E-state index in [-0.39, 0.29) is 17.2 Å². The Morgan fingerprint density at radius 1 is 1.00 bits per heavy atom. The normalized spacial score (nSPS) is 12.5. The van der Waals surface area contributed by atoms with E-state index < -0.39 is 10.0 Å². The molecule has 3 aromatic carbocycles. The van der Waals surface area contributed by atoms with Crippen LogP contribution in [0.2, 0.25) is 0 Å². The predicted octanol–water partition coefficient (Wildman–Crippen LogP) is 2.87. The monoisotopic (exact) mass is 423 g/mol. The summed E-state index contributed by atoms with van der Waals surface area (Å²) in [5, 5.41) is 6.46. The second-order valence-corrected chi connectivity index (χ2v) is 9.54. The van der Waals surface area contributed by atoms with Gasteiger partial charge in [0.15, 0.2) is 0 Å². The molecule has 0 fully saturated rings. The van der Waals surface area contributed by atoms with Crippen molar-refractivity contribution in [3.8, 4) is 0 Å². The number of rotatable bonds is 6. The molecule has 1 amide bonds. The number of carbonyl (C=O) groups excluding carboxylic acids is 1. The van der Waals surface area contributed by atoms with Gasteiger partial charge in [0.05, 0.1) is 49.1 Å². The van der Waals surface area contributed by atoms with Crippen LogP contribution < -0.4 is 10.2 Å². The van der Waals surface area contributed by atoms with Gasteiger partial charge in [0.2, 0.25) is 5.91 Å². The second kappa shape index (κ2) is 7.23. The highest BCUT2D eigenvalue weighted by atomic mass is 32.2. The molecule has 0 bridgehead atoms. The zero-order valence-corrected chi connectivity index (χ0v) is 17.6. The van der Waals surface area contributed by atoms with Gasteiger partial charge in [0.1, 0.15) is 5.69 Å². The minimum absolute atomic E-state index is 0.207. The van der Waals surface area contributed by atoms with Crippen molar-refractivity contribution in [3.05, 3.63) is 66.9 Å². The molecule has 0 radical (unpaired) electrons. The molecule has 0 aliphatic carbocycles. The molecule has 30 heavy (non-hydrogen) atoms. The topological polar surface area (TPSA) is 95.1 Å². The fourth-order valence-electron chi connectivity index (χ4n) is 3.76. The lowest BCUT2D eigenvalue weighted by molar-refractivity contribution is -0.118. The third-order valence-corrected chi connectivity index (χ3v) is 7.04. The van der Waals surface area contributed by atoms with Gasteiger partial charge in [-0.3, -0.25) is 9.28 Å². The number of fused-ring (bicyclic) bond motifs is 2. The third-order valence-electron chi connectivity index (χ3n) is 5.38. The van der Waals surface area contributed by atoms with Crippen LogP contribution in [0, 0.1) is 0 Å². The van der Waals surface area contributed by atoms with Crippen molar-refractivity contribution >= 4 is 43.3 Å². The molecular formula is C22H23N4O3S+. The van der Waals surface area contributed by atoms with Crippen molar-refractivity contribution in [1.82, 2.24) is 13.7 Å². The number of aromatic nitrogens is 2. The van der Waals surface area contributed by atoms with E-state index in [4.69, 9.17) is 5.73 Å². The Bertz CT molecular complexity index is 1370. The van der Waals surface area contributed by atoms with Crippen molar-refractivity contribution < 1.29 is 13.2 Å². The van der Waals surface area contributed by atoms with Crippen molar-refractivity contribution in [1.29, 1.82) is 0 Å². The Hall–Kier alpha value is -3.23. The minimum Gasteiger partial charge on any atom is -0.369 e. The van der Waals surface area contributed by atoms with Gasteiger partial charge in [-0.1, -0.05) is 42.5 Å². The van der Waals surface area contributed by atoms with Crippen molar-refractivity contribution in [2.45, 2.75) is 11.3 Å². The number of hydrogen-bond acceptors (Lipinski definition) is 4. The van der Waals surface area contributed by atoms with E-state index in [9.17, 15) is 13.2 Å². The number of amides is 1. The van der Waals surface area contributed by atoms with Gasteiger partial charge < -0.3 is 5.73 Å². The number of quaternary nitrogens is 1. The van der Waals surface area contributed by atoms with E-state index >= 15 is 0 Å². The maximum atomic E-state index is 13.5. The number of benzene rings is 3. The first kappa shape index (κ1) is 20.1.